The van der Waals surface area contributed by atoms with Gasteiger partial charge in [-0.15, -0.1) is 11.6 Å². The number of para-hydroxylation sites is 2. The summed E-state index contributed by atoms with van der Waals surface area (Å²) in [6.07, 6.45) is 0. The van der Waals surface area contributed by atoms with Gasteiger partial charge in [-0.25, -0.2) is 4.98 Å². The third-order valence-corrected chi connectivity index (χ3v) is 3.65. The van der Waals surface area contributed by atoms with Crippen molar-refractivity contribution in [3.05, 3.63) is 53.9 Å². The standard InChI is InChI=1S/C16H15ClN2O/c1-11-6-3-4-7-12(11)19-13-8-5-9-14(20-2)16(13)18-15(19)10-17/h3-9H,10H2,1-2H3. The average molecular weight is 287 g/mol. The number of halogens is 1. The first-order valence-corrected chi connectivity index (χ1v) is 6.96. The number of aryl methyl sites for hydroxylation is 1. The van der Waals surface area contributed by atoms with Crippen LogP contribution < -0.4 is 4.74 Å². The molecule has 0 N–H and O–H groups in total. The summed E-state index contributed by atoms with van der Waals surface area (Å²) in [5.74, 6) is 1.94. The van der Waals surface area contributed by atoms with Gasteiger partial charge < -0.3 is 4.74 Å². The Bertz CT molecular complexity index is 764. The third kappa shape index (κ3) is 1.95. The van der Waals surface area contributed by atoms with Gasteiger partial charge in [-0.1, -0.05) is 24.3 Å². The lowest BCUT2D eigenvalue weighted by molar-refractivity contribution is 0.419. The second kappa shape index (κ2) is 5.17. The molecule has 0 bridgehead atoms. The number of imidazole rings is 1. The summed E-state index contributed by atoms with van der Waals surface area (Å²) >= 11 is 6.08. The van der Waals surface area contributed by atoms with E-state index in [-0.39, 0.29) is 0 Å². The Morgan fingerprint density at radius 1 is 1.15 bits per heavy atom. The van der Waals surface area contributed by atoms with Crippen molar-refractivity contribution in [1.82, 2.24) is 9.55 Å². The fourth-order valence-corrected chi connectivity index (χ4v) is 2.64. The molecule has 20 heavy (non-hydrogen) atoms. The second-order valence-electron chi connectivity index (χ2n) is 4.61. The van der Waals surface area contributed by atoms with Gasteiger partial charge in [0.2, 0.25) is 0 Å². The highest BCUT2D eigenvalue weighted by Gasteiger charge is 2.15. The van der Waals surface area contributed by atoms with E-state index in [2.05, 4.69) is 28.6 Å². The highest BCUT2D eigenvalue weighted by atomic mass is 35.5. The van der Waals surface area contributed by atoms with E-state index in [1.165, 1.54) is 5.56 Å². The quantitative estimate of drug-likeness (QED) is 0.678. The van der Waals surface area contributed by atoms with Crippen molar-refractivity contribution in [2.75, 3.05) is 7.11 Å². The summed E-state index contributed by atoms with van der Waals surface area (Å²) in [6, 6.07) is 14.1. The van der Waals surface area contributed by atoms with Gasteiger partial charge in [0.25, 0.3) is 0 Å². The number of hydrogen-bond donors (Lipinski definition) is 0. The van der Waals surface area contributed by atoms with Crippen molar-refractivity contribution in [2.24, 2.45) is 0 Å². The Morgan fingerprint density at radius 3 is 2.65 bits per heavy atom. The lowest BCUT2D eigenvalue weighted by atomic mass is 10.2. The Labute approximate surface area is 122 Å². The van der Waals surface area contributed by atoms with Gasteiger partial charge in [-0.2, -0.15) is 0 Å². The first kappa shape index (κ1) is 13.0. The minimum Gasteiger partial charge on any atom is -0.494 e. The number of benzene rings is 2. The molecule has 0 spiro atoms. The Kier molecular flexibility index (Phi) is 3.36. The zero-order valence-electron chi connectivity index (χ0n) is 11.4. The molecular formula is C16H15ClN2O. The monoisotopic (exact) mass is 286 g/mol. The van der Waals surface area contributed by atoms with Crippen LogP contribution in [0.1, 0.15) is 11.4 Å². The highest BCUT2D eigenvalue weighted by Crippen LogP contribution is 2.30. The van der Waals surface area contributed by atoms with Crippen molar-refractivity contribution in [3.8, 4) is 11.4 Å². The van der Waals surface area contributed by atoms with Crippen LogP contribution in [0.25, 0.3) is 16.7 Å². The molecule has 102 valence electrons. The molecule has 0 amide bonds. The molecule has 0 radical (unpaired) electrons. The number of aromatic nitrogens is 2. The molecule has 0 saturated heterocycles. The minimum atomic E-state index is 0.353. The van der Waals surface area contributed by atoms with Crippen molar-refractivity contribution < 1.29 is 4.74 Å². The first-order valence-electron chi connectivity index (χ1n) is 6.42. The fraction of sp³-hybridized carbons (Fsp3) is 0.188. The van der Waals surface area contributed by atoms with Crippen LogP contribution >= 0.6 is 11.6 Å². The molecule has 0 atom stereocenters. The second-order valence-corrected chi connectivity index (χ2v) is 4.88. The molecule has 1 aromatic heterocycles. The summed E-state index contributed by atoms with van der Waals surface area (Å²) in [5, 5.41) is 0. The maximum Gasteiger partial charge on any atom is 0.146 e. The van der Waals surface area contributed by atoms with Gasteiger partial charge in [-0.3, -0.25) is 4.57 Å². The SMILES string of the molecule is COc1cccc2c1nc(CCl)n2-c1ccccc1C. The van der Waals surface area contributed by atoms with E-state index >= 15 is 0 Å². The molecule has 0 unspecified atom stereocenters. The van der Waals surface area contributed by atoms with Gasteiger partial charge in [0.05, 0.1) is 24.2 Å². The van der Waals surface area contributed by atoms with Crippen molar-refractivity contribution in [1.29, 1.82) is 0 Å². The van der Waals surface area contributed by atoms with E-state index in [1.807, 2.05) is 30.3 Å². The van der Waals surface area contributed by atoms with E-state index < -0.39 is 0 Å². The van der Waals surface area contributed by atoms with Gasteiger partial charge in [0.15, 0.2) is 0 Å². The number of alkyl halides is 1. The number of rotatable bonds is 3. The molecule has 0 aliphatic rings. The Balaban J connectivity index is 2.37. The van der Waals surface area contributed by atoms with Gasteiger partial charge in [-0.05, 0) is 30.7 Å². The molecular weight excluding hydrogens is 272 g/mol. The van der Waals surface area contributed by atoms with Crippen LogP contribution in [0, 0.1) is 6.92 Å². The van der Waals surface area contributed by atoms with Crippen LogP contribution in [0.5, 0.6) is 5.75 Å². The number of ether oxygens (including phenoxy) is 1. The molecule has 0 fully saturated rings. The van der Waals surface area contributed by atoms with Crippen LogP contribution in [0.15, 0.2) is 42.5 Å². The fourth-order valence-electron chi connectivity index (χ4n) is 2.46. The summed E-state index contributed by atoms with van der Waals surface area (Å²) in [6.45, 7) is 2.08. The maximum absolute atomic E-state index is 6.08. The molecule has 3 aromatic rings. The molecule has 1 heterocycles. The van der Waals surface area contributed by atoms with Crippen LogP contribution in [-0.2, 0) is 5.88 Å². The molecule has 3 nitrogen and oxygen atoms in total. The largest absolute Gasteiger partial charge is 0.494 e. The lowest BCUT2D eigenvalue weighted by Gasteiger charge is -2.10. The Hall–Kier alpha value is -2.00. The van der Waals surface area contributed by atoms with Crippen molar-refractivity contribution >= 4 is 22.6 Å². The molecule has 3 rings (SSSR count). The lowest BCUT2D eigenvalue weighted by Crippen LogP contribution is -2.01. The Morgan fingerprint density at radius 2 is 1.95 bits per heavy atom. The van der Waals surface area contributed by atoms with Gasteiger partial charge in [0, 0.05) is 0 Å². The topological polar surface area (TPSA) is 27.1 Å². The predicted molar refractivity (Wildman–Crippen MR) is 81.9 cm³/mol. The zero-order valence-corrected chi connectivity index (χ0v) is 12.2. The average Bonchev–Trinajstić information content (AvgIpc) is 2.86. The third-order valence-electron chi connectivity index (χ3n) is 3.41. The molecule has 0 saturated carbocycles. The first-order chi connectivity index (χ1) is 9.76. The summed E-state index contributed by atoms with van der Waals surface area (Å²) in [4.78, 5) is 4.63. The normalized spacial score (nSPS) is 10.9. The zero-order chi connectivity index (χ0) is 14.1. The van der Waals surface area contributed by atoms with E-state index in [4.69, 9.17) is 16.3 Å². The van der Waals surface area contributed by atoms with Crippen LogP contribution in [0.4, 0.5) is 0 Å². The highest BCUT2D eigenvalue weighted by molar-refractivity contribution is 6.17. The molecule has 4 heteroatoms. The predicted octanol–water partition coefficient (Wildman–Crippen LogP) is 4.08. The summed E-state index contributed by atoms with van der Waals surface area (Å²) < 4.78 is 7.48. The van der Waals surface area contributed by atoms with Crippen molar-refractivity contribution in [2.45, 2.75) is 12.8 Å². The molecule has 2 aromatic carbocycles. The number of hydrogen-bond acceptors (Lipinski definition) is 2. The van der Waals surface area contributed by atoms with Crippen LogP contribution in [-0.4, -0.2) is 16.7 Å². The molecule has 0 aliphatic carbocycles. The van der Waals surface area contributed by atoms with E-state index in [9.17, 15) is 0 Å². The van der Waals surface area contributed by atoms with E-state index in [1.54, 1.807) is 7.11 Å². The van der Waals surface area contributed by atoms with Crippen LogP contribution in [0.3, 0.4) is 0 Å². The minimum absolute atomic E-state index is 0.353. The van der Waals surface area contributed by atoms with Gasteiger partial charge >= 0.3 is 0 Å². The van der Waals surface area contributed by atoms with Gasteiger partial charge in [0.1, 0.15) is 17.1 Å². The number of methoxy groups -OCH3 is 1. The smallest absolute Gasteiger partial charge is 0.146 e. The number of fused-ring (bicyclic) bond motifs is 1. The van der Waals surface area contributed by atoms with E-state index in [0.717, 1.165) is 28.3 Å². The maximum atomic E-state index is 6.08. The number of nitrogens with zero attached hydrogens (tertiary/aromatic N) is 2. The van der Waals surface area contributed by atoms with Crippen molar-refractivity contribution in [3.63, 3.8) is 0 Å². The molecule has 0 aliphatic heterocycles. The summed E-state index contributed by atoms with van der Waals surface area (Å²) in [7, 11) is 1.65. The summed E-state index contributed by atoms with van der Waals surface area (Å²) in [5.41, 5.74) is 4.13. The van der Waals surface area contributed by atoms with E-state index in [0.29, 0.717) is 5.88 Å². The van der Waals surface area contributed by atoms with Crippen LogP contribution in [0.2, 0.25) is 0 Å².